The van der Waals surface area contributed by atoms with E-state index in [1.165, 1.54) is 5.75 Å². The number of thioether (sulfide) groups is 1. The molecule has 1 aromatic heterocycles. The van der Waals surface area contributed by atoms with Gasteiger partial charge in [0.2, 0.25) is 0 Å². The first kappa shape index (κ1) is 21.6. The van der Waals surface area contributed by atoms with Gasteiger partial charge in [-0.05, 0) is 24.8 Å². The molecule has 1 fully saturated rings. The predicted molar refractivity (Wildman–Crippen MR) is 115 cm³/mol. The fraction of sp³-hybridized carbons (Fsp3) is 0.765. The number of nitrogens with one attached hydrogen (secondary N) is 1. The lowest BCUT2D eigenvalue weighted by Gasteiger charge is -2.36. The Morgan fingerprint density at radius 2 is 2.21 bits per heavy atom. The minimum Gasteiger partial charge on any atom is -0.357 e. The van der Waals surface area contributed by atoms with Gasteiger partial charge in [-0.1, -0.05) is 20.8 Å². The van der Waals surface area contributed by atoms with E-state index in [2.05, 4.69) is 54.8 Å². The number of nitrogens with zero attached hydrogens (tertiary/aromatic N) is 4. The molecule has 0 amide bonds. The lowest BCUT2D eigenvalue weighted by molar-refractivity contribution is 0.377. The van der Waals surface area contributed by atoms with Crippen LogP contribution in [0.1, 0.15) is 27.7 Å². The van der Waals surface area contributed by atoms with E-state index in [-0.39, 0.29) is 24.0 Å². The van der Waals surface area contributed by atoms with Gasteiger partial charge in [0.25, 0.3) is 0 Å². The topological polar surface area (TPSA) is 45.5 Å². The van der Waals surface area contributed by atoms with Gasteiger partial charge in [0.05, 0.1) is 0 Å². The van der Waals surface area contributed by atoms with Crippen molar-refractivity contribution >= 4 is 41.7 Å². The first-order chi connectivity index (χ1) is 11.1. The standard InChI is InChI=1S/C17H31N5S.HI/c1-5-18-17(21-9-10-23-16(13-21)14(2)3)19-11-15(4)12-22-8-6-7-20-22;/h6-8,14-16H,5,9-13H2,1-4H3,(H,18,19);1H. The van der Waals surface area contributed by atoms with Crippen LogP contribution in [0.15, 0.2) is 23.5 Å². The Hall–Kier alpha value is -0.440. The highest BCUT2D eigenvalue weighted by Gasteiger charge is 2.24. The maximum absolute atomic E-state index is 4.89. The average molecular weight is 465 g/mol. The van der Waals surface area contributed by atoms with Crippen molar-refractivity contribution in [1.82, 2.24) is 20.0 Å². The van der Waals surface area contributed by atoms with Crippen molar-refractivity contribution in [2.24, 2.45) is 16.8 Å². The highest BCUT2D eigenvalue weighted by Crippen LogP contribution is 2.24. The molecule has 0 saturated carbocycles. The van der Waals surface area contributed by atoms with E-state index in [0.29, 0.717) is 17.1 Å². The van der Waals surface area contributed by atoms with Gasteiger partial charge in [-0.3, -0.25) is 9.67 Å². The molecule has 2 atom stereocenters. The summed E-state index contributed by atoms with van der Waals surface area (Å²) in [6.07, 6.45) is 3.85. The molecule has 1 aliphatic rings. The van der Waals surface area contributed by atoms with Gasteiger partial charge in [0.15, 0.2) is 5.96 Å². The molecule has 5 nitrogen and oxygen atoms in total. The molecule has 0 aromatic carbocycles. The Kier molecular flexibility index (Phi) is 10.1. The molecule has 2 unspecified atom stereocenters. The summed E-state index contributed by atoms with van der Waals surface area (Å²) >= 11 is 2.10. The minimum absolute atomic E-state index is 0. The average Bonchev–Trinajstić information content (AvgIpc) is 3.04. The number of halogens is 1. The van der Waals surface area contributed by atoms with Gasteiger partial charge in [0, 0.05) is 56.1 Å². The first-order valence-electron chi connectivity index (χ1n) is 8.72. The summed E-state index contributed by atoms with van der Waals surface area (Å²) in [5.74, 6) is 3.45. The smallest absolute Gasteiger partial charge is 0.193 e. The Balaban J connectivity index is 0.00000288. The lowest BCUT2D eigenvalue weighted by Crippen LogP contribution is -2.49. The summed E-state index contributed by atoms with van der Waals surface area (Å²) in [6.45, 7) is 13.9. The van der Waals surface area contributed by atoms with E-state index in [0.717, 1.165) is 38.7 Å². The van der Waals surface area contributed by atoms with E-state index < -0.39 is 0 Å². The molecule has 2 heterocycles. The zero-order chi connectivity index (χ0) is 16.7. The summed E-state index contributed by atoms with van der Waals surface area (Å²) in [7, 11) is 0. The van der Waals surface area contributed by atoms with Crippen LogP contribution in [0.5, 0.6) is 0 Å². The summed E-state index contributed by atoms with van der Waals surface area (Å²) in [4.78, 5) is 7.33. The van der Waals surface area contributed by atoms with Crippen LogP contribution in [0.25, 0.3) is 0 Å². The maximum atomic E-state index is 4.89. The Labute approximate surface area is 168 Å². The molecule has 0 radical (unpaired) electrons. The number of rotatable bonds is 6. The normalized spacial score (nSPS) is 20.0. The van der Waals surface area contributed by atoms with Crippen LogP contribution >= 0.6 is 35.7 Å². The highest BCUT2D eigenvalue weighted by atomic mass is 127. The van der Waals surface area contributed by atoms with E-state index in [9.17, 15) is 0 Å². The van der Waals surface area contributed by atoms with E-state index in [4.69, 9.17) is 4.99 Å². The molecule has 0 spiro atoms. The molecule has 138 valence electrons. The summed E-state index contributed by atoms with van der Waals surface area (Å²) in [6, 6.07) is 1.97. The van der Waals surface area contributed by atoms with Gasteiger partial charge >= 0.3 is 0 Å². The number of aromatic nitrogens is 2. The number of hydrogen-bond acceptors (Lipinski definition) is 3. The molecule has 24 heavy (non-hydrogen) atoms. The Morgan fingerprint density at radius 3 is 2.83 bits per heavy atom. The van der Waals surface area contributed by atoms with Gasteiger partial charge < -0.3 is 10.2 Å². The van der Waals surface area contributed by atoms with Gasteiger partial charge in [-0.25, -0.2) is 0 Å². The number of guanidine groups is 1. The number of hydrogen-bond donors (Lipinski definition) is 1. The van der Waals surface area contributed by atoms with Crippen molar-refractivity contribution in [1.29, 1.82) is 0 Å². The predicted octanol–water partition coefficient (Wildman–Crippen LogP) is 3.18. The maximum Gasteiger partial charge on any atom is 0.193 e. The van der Waals surface area contributed by atoms with E-state index >= 15 is 0 Å². The third-order valence-electron chi connectivity index (χ3n) is 4.08. The van der Waals surface area contributed by atoms with Crippen LogP contribution in [-0.4, -0.2) is 57.8 Å². The second kappa shape index (κ2) is 11.2. The summed E-state index contributed by atoms with van der Waals surface area (Å²) < 4.78 is 1.99. The molecule has 1 saturated heterocycles. The fourth-order valence-corrected chi connectivity index (χ4v) is 4.02. The molecule has 2 rings (SSSR count). The van der Waals surface area contributed by atoms with Crippen LogP contribution in [0.3, 0.4) is 0 Å². The third kappa shape index (κ3) is 6.82. The Bertz CT molecular complexity index is 477. The molecule has 1 N–H and O–H groups in total. The van der Waals surface area contributed by atoms with Crippen LogP contribution in [0, 0.1) is 11.8 Å². The first-order valence-corrected chi connectivity index (χ1v) is 9.77. The zero-order valence-electron chi connectivity index (χ0n) is 15.3. The lowest BCUT2D eigenvalue weighted by atomic mass is 10.1. The largest absolute Gasteiger partial charge is 0.357 e. The van der Waals surface area contributed by atoms with Crippen molar-refractivity contribution in [3.8, 4) is 0 Å². The van der Waals surface area contributed by atoms with Crippen molar-refractivity contribution in [2.75, 3.05) is 31.9 Å². The fourth-order valence-electron chi connectivity index (χ4n) is 2.72. The van der Waals surface area contributed by atoms with Gasteiger partial charge in [0.1, 0.15) is 0 Å². The SMILES string of the molecule is CCNC(=NCC(C)Cn1cccn1)N1CCSC(C(C)C)C1.I. The minimum atomic E-state index is 0. The quantitative estimate of drug-likeness (QED) is 0.398. The molecule has 1 aromatic rings. The third-order valence-corrected chi connectivity index (χ3v) is 5.62. The molecule has 0 aliphatic carbocycles. The highest BCUT2D eigenvalue weighted by molar-refractivity contribution is 14.0. The molecular weight excluding hydrogens is 433 g/mol. The van der Waals surface area contributed by atoms with Crippen molar-refractivity contribution in [3.63, 3.8) is 0 Å². The summed E-state index contributed by atoms with van der Waals surface area (Å²) in [5, 5.41) is 8.45. The molecular formula is C17H32IN5S. The van der Waals surface area contributed by atoms with Crippen LogP contribution in [0.2, 0.25) is 0 Å². The van der Waals surface area contributed by atoms with Crippen LogP contribution in [0.4, 0.5) is 0 Å². The second-order valence-electron chi connectivity index (χ2n) is 6.63. The van der Waals surface area contributed by atoms with Crippen molar-refractivity contribution in [2.45, 2.75) is 39.5 Å². The molecule has 7 heteroatoms. The van der Waals surface area contributed by atoms with Gasteiger partial charge in [-0.2, -0.15) is 16.9 Å². The zero-order valence-corrected chi connectivity index (χ0v) is 18.5. The van der Waals surface area contributed by atoms with E-state index in [1.807, 2.05) is 23.1 Å². The second-order valence-corrected chi connectivity index (χ2v) is 7.97. The molecule has 1 aliphatic heterocycles. The monoisotopic (exact) mass is 465 g/mol. The van der Waals surface area contributed by atoms with E-state index in [1.54, 1.807) is 0 Å². The van der Waals surface area contributed by atoms with Crippen molar-refractivity contribution < 1.29 is 0 Å². The molecule has 0 bridgehead atoms. The van der Waals surface area contributed by atoms with Crippen molar-refractivity contribution in [3.05, 3.63) is 18.5 Å². The Morgan fingerprint density at radius 1 is 1.42 bits per heavy atom. The van der Waals surface area contributed by atoms with Crippen LogP contribution in [-0.2, 0) is 6.54 Å². The van der Waals surface area contributed by atoms with Crippen LogP contribution < -0.4 is 5.32 Å². The van der Waals surface area contributed by atoms with Gasteiger partial charge in [-0.15, -0.1) is 24.0 Å². The number of aliphatic imine (C=N–C) groups is 1. The summed E-state index contributed by atoms with van der Waals surface area (Å²) in [5.41, 5.74) is 0.